The first kappa shape index (κ1) is 18.7. The fourth-order valence-corrected chi connectivity index (χ4v) is 1.79. The van der Waals surface area contributed by atoms with Gasteiger partial charge < -0.3 is 10.1 Å². The molecule has 20 heavy (non-hydrogen) atoms. The first-order valence-corrected chi connectivity index (χ1v) is 7.61. The fourth-order valence-electron chi connectivity index (χ4n) is 1.79. The summed E-state index contributed by atoms with van der Waals surface area (Å²) in [5.74, 6) is -0.293. The van der Waals surface area contributed by atoms with Crippen LogP contribution in [0.2, 0.25) is 0 Å². The molecule has 1 amide bonds. The van der Waals surface area contributed by atoms with Gasteiger partial charge in [-0.3, -0.25) is 4.79 Å². The zero-order valence-electron chi connectivity index (χ0n) is 13.3. The first-order valence-electron chi connectivity index (χ1n) is 7.61. The maximum Gasteiger partial charge on any atom is 0.330 e. The number of hydrogen-bond acceptors (Lipinski definition) is 3. The molecule has 0 aromatic carbocycles. The van der Waals surface area contributed by atoms with E-state index >= 15 is 0 Å². The third-order valence-corrected chi connectivity index (χ3v) is 3.50. The predicted octanol–water partition coefficient (Wildman–Crippen LogP) is 3.22. The smallest absolute Gasteiger partial charge is 0.330 e. The van der Waals surface area contributed by atoms with Crippen LogP contribution in [0.15, 0.2) is 12.2 Å². The van der Waals surface area contributed by atoms with Gasteiger partial charge in [-0.05, 0) is 26.2 Å². The van der Waals surface area contributed by atoms with Crippen LogP contribution in [-0.2, 0) is 14.3 Å². The highest BCUT2D eigenvalue weighted by Crippen LogP contribution is 2.26. The van der Waals surface area contributed by atoms with Crippen LogP contribution in [0.25, 0.3) is 0 Å². The normalized spacial score (nSPS) is 14.0. The van der Waals surface area contributed by atoms with Crippen LogP contribution in [0, 0.1) is 5.41 Å². The molecule has 0 rings (SSSR count). The van der Waals surface area contributed by atoms with Gasteiger partial charge in [0.05, 0.1) is 6.61 Å². The van der Waals surface area contributed by atoms with E-state index in [-0.39, 0.29) is 11.9 Å². The van der Waals surface area contributed by atoms with Gasteiger partial charge in [0.1, 0.15) is 0 Å². The lowest BCUT2D eigenvalue weighted by atomic mass is 9.83. The Morgan fingerprint density at radius 2 is 1.90 bits per heavy atom. The predicted molar refractivity (Wildman–Crippen MR) is 81.3 cm³/mol. The van der Waals surface area contributed by atoms with Crippen molar-refractivity contribution < 1.29 is 14.3 Å². The summed E-state index contributed by atoms with van der Waals surface area (Å²) < 4.78 is 4.82. The number of allylic oxidation sites excluding steroid dienone is 1. The molecule has 0 aliphatic rings. The molecule has 0 spiro atoms. The van der Waals surface area contributed by atoms with E-state index in [9.17, 15) is 9.59 Å². The number of carbonyl (C=O) groups excluding carboxylic acids is 2. The van der Waals surface area contributed by atoms with Crippen LogP contribution >= 0.6 is 0 Å². The maximum atomic E-state index is 12.2. The summed E-state index contributed by atoms with van der Waals surface area (Å²) in [5, 5.41) is 2.98. The second kappa shape index (κ2) is 10.5. The van der Waals surface area contributed by atoms with E-state index in [2.05, 4.69) is 12.2 Å². The average Bonchev–Trinajstić information content (AvgIpc) is 2.43. The fraction of sp³-hybridized carbons (Fsp3) is 0.750. The van der Waals surface area contributed by atoms with Gasteiger partial charge in [0, 0.05) is 18.0 Å². The minimum Gasteiger partial charge on any atom is -0.463 e. The van der Waals surface area contributed by atoms with Gasteiger partial charge in [0.15, 0.2) is 0 Å². The Kier molecular flexibility index (Phi) is 9.77. The van der Waals surface area contributed by atoms with E-state index in [0.29, 0.717) is 13.0 Å². The Labute approximate surface area is 123 Å². The van der Waals surface area contributed by atoms with E-state index in [1.165, 1.54) is 6.08 Å². The molecule has 0 aromatic heterocycles. The molecule has 1 atom stereocenters. The maximum absolute atomic E-state index is 12.2. The van der Waals surface area contributed by atoms with Crippen LogP contribution < -0.4 is 5.32 Å². The lowest BCUT2D eigenvalue weighted by Crippen LogP contribution is -2.38. The topological polar surface area (TPSA) is 55.4 Å². The summed E-state index contributed by atoms with van der Waals surface area (Å²) in [6.07, 6.45) is 7.70. The number of unbranched alkanes of at least 4 members (excludes halogenated alkanes) is 2. The van der Waals surface area contributed by atoms with E-state index < -0.39 is 5.41 Å². The molecule has 116 valence electrons. The largest absolute Gasteiger partial charge is 0.463 e. The van der Waals surface area contributed by atoms with Gasteiger partial charge in [-0.25, -0.2) is 4.79 Å². The molecule has 4 heteroatoms. The van der Waals surface area contributed by atoms with Gasteiger partial charge >= 0.3 is 5.97 Å². The highest BCUT2D eigenvalue weighted by atomic mass is 16.5. The highest BCUT2D eigenvalue weighted by Gasteiger charge is 2.29. The van der Waals surface area contributed by atoms with Gasteiger partial charge in [-0.1, -0.05) is 39.7 Å². The van der Waals surface area contributed by atoms with Gasteiger partial charge in [-0.2, -0.15) is 0 Å². The molecule has 0 aliphatic carbocycles. The minimum absolute atomic E-state index is 0.0598. The van der Waals surface area contributed by atoms with E-state index in [4.69, 9.17) is 4.74 Å². The molecule has 1 N–H and O–H groups in total. The number of rotatable bonds is 10. The second-order valence-corrected chi connectivity index (χ2v) is 5.24. The minimum atomic E-state index is -0.463. The van der Waals surface area contributed by atoms with E-state index in [1.54, 1.807) is 13.0 Å². The van der Waals surface area contributed by atoms with Gasteiger partial charge in [-0.15, -0.1) is 0 Å². The summed E-state index contributed by atoms with van der Waals surface area (Å²) in [5.41, 5.74) is -0.463. The molecule has 0 saturated carbocycles. The zero-order valence-corrected chi connectivity index (χ0v) is 13.3. The molecule has 4 nitrogen and oxygen atoms in total. The molecule has 1 unspecified atom stereocenters. The van der Waals surface area contributed by atoms with Crippen molar-refractivity contribution >= 4 is 11.9 Å². The lowest BCUT2D eigenvalue weighted by molar-refractivity contribution is -0.137. The number of nitrogens with one attached hydrogen (secondary N) is 1. The zero-order chi connectivity index (χ0) is 15.4. The first-order chi connectivity index (χ1) is 9.50. The van der Waals surface area contributed by atoms with Crippen LogP contribution in [-0.4, -0.2) is 25.0 Å². The third kappa shape index (κ3) is 7.31. The van der Waals surface area contributed by atoms with Crippen molar-refractivity contribution in [3.63, 3.8) is 0 Å². The van der Waals surface area contributed by atoms with Crippen LogP contribution in [0.4, 0.5) is 0 Å². The van der Waals surface area contributed by atoms with Gasteiger partial charge in [0.25, 0.3) is 0 Å². The second-order valence-electron chi connectivity index (χ2n) is 5.24. The van der Waals surface area contributed by atoms with Crippen molar-refractivity contribution in [1.29, 1.82) is 0 Å². The average molecular weight is 283 g/mol. The molecule has 0 fully saturated rings. The van der Waals surface area contributed by atoms with Crippen molar-refractivity contribution in [3.05, 3.63) is 12.2 Å². The third-order valence-electron chi connectivity index (χ3n) is 3.50. The van der Waals surface area contributed by atoms with Crippen molar-refractivity contribution in [2.75, 3.05) is 13.2 Å². The Morgan fingerprint density at radius 1 is 1.20 bits per heavy atom. The van der Waals surface area contributed by atoms with Crippen LogP contribution in [0.3, 0.4) is 0 Å². The molecule has 0 aliphatic heterocycles. The lowest BCUT2D eigenvalue weighted by Gasteiger charge is -2.25. The Balaban J connectivity index is 4.30. The summed E-state index contributed by atoms with van der Waals surface area (Å²) in [6, 6.07) is 0. The summed E-state index contributed by atoms with van der Waals surface area (Å²) >= 11 is 0. The molecule has 0 radical (unpaired) electrons. The van der Waals surface area contributed by atoms with E-state index in [1.807, 2.05) is 13.8 Å². The molecular weight excluding hydrogens is 254 g/mol. The molecular formula is C16H29NO3. The molecule has 0 saturated heterocycles. The standard InChI is InChI=1S/C16H29NO3/c1-5-8-9-13-17-15(19)16(4,6-2)12-10-11-14(18)20-7-3/h10-11H,5-9,12-13H2,1-4H3,(H,17,19)/b11-10+. The van der Waals surface area contributed by atoms with Crippen LogP contribution in [0.1, 0.15) is 59.8 Å². The number of esters is 1. The van der Waals surface area contributed by atoms with Crippen molar-refractivity contribution in [2.45, 2.75) is 59.8 Å². The number of amides is 1. The summed E-state index contributed by atoms with van der Waals surface area (Å²) in [6.45, 7) is 8.92. The van der Waals surface area contributed by atoms with Crippen molar-refractivity contribution in [1.82, 2.24) is 5.32 Å². The van der Waals surface area contributed by atoms with Crippen molar-refractivity contribution in [2.24, 2.45) is 5.41 Å². The summed E-state index contributed by atoms with van der Waals surface area (Å²) in [4.78, 5) is 23.4. The molecule has 0 aromatic rings. The highest BCUT2D eigenvalue weighted by molar-refractivity contribution is 5.84. The Hall–Kier alpha value is -1.32. The van der Waals surface area contributed by atoms with E-state index in [0.717, 1.165) is 32.2 Å². The number of hydrogen-bond donors (Lipinski definition) is 1. The monoisotopic (exact) mass is 283 g/mol. The van der Waals surface area contributed by atoms with Crippen LogP contribution in [0.5, 0.6) is 0 Å². The molecule has 0 heterocycles. The number of ether oxygens (including phenoxy) is 1. The quantitative estimate of drug-likeness (QED) is 0.380. The summed E-state index contributed by atoms with van der Waals surface area (Å²) in [7, 11) is 0. The van der Waals surface area contributed by atoms with Crippen molar-refractivity contribution in [3.8, 4) is 0 Å². The molecule has 0 bridgehead atoms. The Bertz CT molecular complexity index is 326. The SMILES string of the molecule is CCCCCNC(=O)C(C)(CC)C/C=C/C(=O)OCC. The van der Waals surface area contributed by atoms with Gasteiger partial charge in [0.2, 0.25) is 5.91 Å². The number of carbonyl (C=O) groups is 2. The Morgan fingerprint density at radius 3 is 2.45 bits per heavy atom.